The topological polar surface area (TPSA) is 61.8 Å². The molecule has 0 bridgehead atoms. The molecule has 1 spiro atoms. The Morgan fingerprint density at radius 2 is 1.67 bits per heavy atom. The molecule has 3 fully saturated rings. The van der Waals surface area contributed by atoms with E-state index in [1.165, 1.54) is 5.56 Å². The first-order chi connectivity index (χ1) is 17.1. The molecule has 194 valence electrons. The molecule has 0 unspecified atom stereocenters. The van der Waals surface area contributed by atoms with Crippen LogP contribution in [0.3, 0.4) is 0 Å². The molecule has 1 aliphatic carbocycles. The number of amides is 1. The summed E-state index contributed by atoms with van der Waals surface area (Å²) in [5.41, 5.74) is 0.850. The van der Waals surface area contributed by atoms with Gasteiger partial charge in [0.15, 0.2) is 0 Å². The van der Waals surface area contributed by atoms with E-state index in [-0.39, 0.29) is 24.1 Å². The number of piperazine rings is 1. The van der Waals surface area contributed by atoms with Gasteiger partial charge in [0, 0.05) is 45.1 Å². The normalized spacial score (nSPS) is 24.4. The van der Waals surface area contributed by atoms with Crippen molar-refractivity contribution in [2.45, 2.75) is 51.5 Å². The Bertz CT molecular complexity index is 1040. The molecular formula is C26H32F3N5O2. The Kier molecular flexibility index (Phi) is 6.57. The number of alkyl halides is 3. The summed E-state index contributed by atoms with van der Waals surface area (Å²) < 4.78 is 44.1. The summed E-state index contributed by atoms with van der Waals surface area (Å²) in [4.78, 5) is 26.7. The zero-order chi connectivity index (χ0) is 25.5. The van der Waals surface area contributed by atoms with Gasteiger partial charge in [-0.25, -0.2) is 14.8 Å². The highest BCUT2D eigenvalue weighted by Crippen LogP contribution is 2.52. The van der Waals surface area contributed by atoms with E-state index >= 15 is 0 Å². The van der Waals surface area contributed by atoms with Gasteiger partial charge < -0.3 is 9.64 Å². The molecule has 3 aliphatic rings. The number of ether oxygens (including phenoxy) is 1. The number of aromatic nitrogens is 2. The van der Waals surface area contributed by atoms with Crippen molar-refractivity contribution in [3.05, 3.63) is 53.9 Å². The molecule has 2 atom stereocenters. The summed E-state index contributed by atoms with van der Waals surface area (Å²) in [6.45, 7) is 8.29. The lowest BCUT2D eigenvalue weighted by Crippen LogP contribution is -2.62. The third-order valence-electron chi connectivity index (χ3n) is 7.63. The van der Waals surface area contributed by atoms with Crippen LogP contribution in [0.4, 0.5) is 23.9 Å². The van der Waals surface area contributed by atoms with E-state index in [1.807, 2.05) is 24.8 Å². The maximum Gasteiger partial charge on any atom is 0.419 e. The van der Waals surface area contributed by atoms with E-state index in [9.17, 15) is 18.0 Å². The van der Waals surface area contributed by atoms with E-state index in [0.717, 1.165) is 44.9 Å². The molecular weight excluding hydrogens is 471 g/mol. The van der Waals surface area contributed by atoms with Crippen molar-refractivity contribution < 1.29 is 22.7 Å². The van der Waals surface area contributed by atoms with E-state index < -0.39 is 11.7 Å². The van der Waals surface area contributed by atoms with Gasteiger partial charge in [0.2, 0.25) is 5.95 Å². The number of halogens is 3. The number of likely N-dealkylation sites (tertiary alicyclic amines) is 1. The van der Waals surface area contributed by atoms with Gasteiger partial charge in [-0.05, 0) is 43.6 Å². The summed E-state index contributed by atoms with van der Waals surface area (Å²) in [5, 5.41) is 0. The van der Waals surface area contributed by atoms with Crippen LogP contribution >= 0.6 is 0 Å². The molecule has 3 heterocycles. The fourth-order valence-corrected chi connectivity index (χ4v) is 6.14. The van der Waals surface area contributed by atoms with Crippen LogP contribution in [0.25, 0.3) is 0 Å². The lowest BCUT2D eigenvalue weighted by atomic mass is 9.58. The van der Waals surface area contributed by atoms with Crippen molar-refractivity contribution in [3.8, 4) is 0 Å². The monoisotopic (exact) mass is 503 g/mol. The van der Waals surface area contributed by atoms with Gasteiger partial charge in [-0.2, -0.15) is 13.2 Å². The number of carbonyl (C=O) groups is 1. The van der Waals surface area contributed by atoms with Crippen LogP contribution in [0, 0.1) is 11.3 Å². The summed E-state index contributed by atoms with van der Waals surface area (Å²) >= 11 is 0. The van der Waals surface area contributed by atoms with Gasteiger partial charge in [-0.15, -0.1) is 0 Å². The minimum Gasteiger partial charge on any atom is -0.449 e. The molecule has 0 N–H and O–H groups in total. The van der Waals surface area contributed by atoms with Gasteiger partial charge in [0.25, 0.3) is 0 Å². The molecule has 0 radical (unpaired) electrons. The van der Waals surface area contributed by atoms with Crippen LogP contribution in [0.15, 0.2) is 42.7 Å². The molecule has 1 amide bonds. The van der Waals surface area contributed by atoms with Crippen molar-refractivity contribution in [3.63, 3.8) is 0 Å². The molecule has 10 heteroatoms. The highest BCUT2D eigenvalue weighted by molar-refractivity contribution is 5.69. The van der Waals surface area contributed by atoms with Crippen molar-refractivity contribution in [1.82, 2.24) is 19.8 Å². The molecule has 5 rings (SSSR count). The van der Waals surface area contributed by atoms with E-state index in [2.05, 4.69) is 39.1 Å². The number of rotatable bonds is 5. The fourth-order valence-electron chi connectivity index (χ4n) is 6.14. The Hall–Kier alpha value is -2.88. The maximum atomic E-state index is 12.9. The molecule has 7 nitrogen and oxygen atoms in total. The van der Waals surface area contributed by atoms with E-state index in [0.29, 0.717) is 31.0 Å². The predicted octanol–water partition coefficient (Wildman–Crippen LogP) is 4.44. The summed E-state index contributed by atoms with van der Waals surface area (Å²) in [7, 11) is 0. The molecule has 2 aromatic rings. The number of benzene rings is 1. The van der Waals surface area contributed by atoms with Crippen LogP contribution in [-0.2, 0) is 17.5 Å². The second-order valence-corrected chi connectivity index (χ2v) is 10.8. The van der Waals surface area contributed by atoms with Crippen LogP contribution in [0.2, 0.25) is 0 Å². The minimum atomic E-state index is -4.47. The van der Waals surface area contributed by atoms with E-state index in [1.54, 1.807) is 4.90 Å². The van der Waals surface area contributed by atoms with Gasteiger partial charge >= 0.3 is 12.3 Å². The first-order valence-corrected chi connectivity index (χ1v) is 12.5. The Balaban J connectivity index is 1.06. The number of anilines is 1. The Labute approximate surface area is 209 Å². The zero-order valence-electron chi connectivity index (χ0n) is 20.6. The highest BCUT2D eigenvalue weighted by atomic mass is 19.4. The Morgan fingerprint density at radius 1 is 1.06 bits per heavy atom. The lowest BCUT2D eigenvalue weighted by molar-refractivity contribution is -0.138. The zero-order valence-corrected chi connectivity index (χ0v) is 20.6. The average Bonchev–Trinajstić information content (AvgIpc) is 2.78. The summed E-state index contributed by atoms with van der Waals surface area (Å²) in [6, 6.07) is 10.1. The minimum absolute atomic E-state index is 0.182. The van der Waals surface area contributed by atoms with Gasteiger partial charge in [0.1, 0.15) is 0 Å². The van der Waals surface area contributed by atoms with Crippen LogP contribution in [0.1, 0.15) is 37.8 Å². The number of nitrogens with zero attached hydrogens (tertiary/aromatic N) is 5. The largest absolute Gasteiger partial charge is 0.449 e. The standard InChI is InChI=1S/C26H32F3N5O2/c1-18-12-33(23-30-10-22(11-31-23)26(27,28)29)13-19(2)34(18)24(35)36-15-21-8-25(9-21)16-32(17-25)14-20-6-4-3-5-7-20/h3-7,10-11,18-19,21H,8-9,12-17H2,1-2H3/t18-,19-/m1/s1. The fraction of sp³-hybridized carbons (Fsp3) is 0.577. The summed E-state index contributed by atoms with van der Waals surface area (Å²) in [5.74, 6) is 0.636. The molecule has 1 saturated carbocycles. The molecule has 36 heavy (non-hydrogen) atoms. The van der Waals surface area contributed by atoms with Crippen molar-refractivity contribution in [2.24, 2.45) is 11.3 Å². The molecule has 1 aromatic heterocycles. The smallest absolute Gasteiger partial charge is 0.419 e. The predicted molar refractivity (Wildman–Crippen MR) is 128 cm³/mol. The van der Waals surface area contributed by atoms with Gasteiger partial charge in [-0.1, -0.05) is 30.3 Å². The average molecular weight is 504 g/mol. The molecule has 2 aliphatic heterocycles. The van der Waals surface area contributed by atoms with Crippen molar-refractivity contribution in [1.29, 1.82) is 0 Å². The lowest BCUT2D eigenvalue weighted by Gasteiger charge is -2.59. The summed E-state index contributed by atoms with van der Waals surface area (Å²) in [6.07, 6.45) is -1.02. The first kappa shape index (κ1) is 24.8. The number of hydrogen-bond donors (Lipinski definition) is 0. The maximum absolute atomic E-state index is 12.9. The third kappa shape index (κ3) is 5.14. The number of hydrogen-bond acceptors (Lipinski definition) is 6. The second kappa shape index (κ2) is 9.53. The quantitative estimate of drug-likeness (QED) is 0.601. The van der Waals surface area contributed by atoms with Crippen LogP contribution in [0.5, 0.6) is 0 Å². The third-order valence-corrected chi connectivity index (χ3v) is 7.63. The second-order valence-electron chi connectivity index (χ2n) is 10.8. The van der Waals surface area contributed by atoms with E-state index in [4.69, 9.17) is 4.74 Å². The molecule has 1 aromatic carbocycles. The van der Waals surface area contributed by atoms with Gasteiger partial charge in [-0.3, -0.25) is 9.80 Å². The van der Waals surface area contributed by atoms with Crippen LogP contribution < -0.4 is 4.90 Å². The van der Waals surface area contributed by atoms with Crippen molar-refractivity contribution >= 4 is 12.0 Å². The SMILES string of the molecule is C[C@@H]1CN(c2ncc(C(F)(F)F)cn2)C[C@@H](C)N1C(=O)OCC1CC2(C1)CN(Cc1ccccc1)C2. The van der Waals surface area contributed by atoms with Crippen molar-refractivity contribution in [2.75, 3.05) is 37.7 Å². The first-order valence-electron chi connectivity index (χ1n) is 12.5. The highest BCUT2D eigenvalue weighted by Gasteiger charge is 2.52. The number of carbonyl (C=O) groups excluding carboxylic acids is 1. The Morgan fingerprint density at radius 3 is 2.25 bits per heavy atom. The van der Waals surface area contributed by atoms with Gasteiger partial charge in [0.05, 0.1) is 24.3 Å². The molecule has 2 saturated heterocycles. The van der Waals surface area contributed by atoms with Crippen LogP contribution in [-0.4, -0.2) is 70.7 Å².